The van der Waals surface area contributed by atoms with Crippen LogP contribution in [0.2, 0.25) is 0 Å². The van der Waals surface area contributed by atoms with E-state index in [1.54, 1.807) is 13.0 Å². The van der Waals surface area contributed by atoms with Crippen molar-refractivity contribution in [3.05, 3.63) is 39.2 Å². The molecule has 0 saturated heterocycles. The van der Waals surface area contributed by atoms with Crippen molar-refractivity contribution in [2.75, 3.05) is 7.11 Å². The van der Waals surface area contributed by atoms with Crippen LogP contribution in [-0.4, -0.2) is 12.1 Å². The lowest BCUT2D eigenvalue weighted by atomic mass is 10.0. The second kappa shape index (κ2) is 4.29. The highest BCUT2D eigenvalue weighted by Crippen LogP contribution is 2.33. The van der Waals surface area contributed by atoms with Gasteiger partial charge in [-0.25, -0.2) is 0 Å². The molecular weight excluding hydrogens is 259 g/mol. The average molecular weight is 271 g/mol. The third kappa shape index (κ3) is 2.07. The molecule has 19 heavy (non-hydrogen) atoms. The zero-order chi connectivity index (χ0) is 14.4. The van der Waals surface area contributed by atoms with Gasteiger partial charge in [-0.2, -0.15) is 13.2 Å². The Balaban J connectivity index is 3.01. The van der Waals surface area contributed by atoms with Gasteiger partial charge in [0.15, 0.2) is 5.43 Å². The van der Waals surface area contributed by atoms with Gasteiger partial charge < -0.3 is 9.72 Å². The fourth-order valence-electron chi connectivity index (χ4n) is 2.08. The Kier molecular flexibility index (Phi) is 3.04. The van der Waals surface area contributed by atoms with Crippen LogP contribution >= 0.6 is 0 Å². The van der Waals surface area contributed by atoms with Gasteiger partial charge in [0.05, 0.1) is 18.0 Å². The molecular formula is C13H12F3NO2. The molecule has 3 nitrogen and oxygen atoms in total. The largest absolute Gasteiger partial charge is 0.495 e. The second-order valence-corrected chi connectivity index (χ2v) is 4.29. The third-order valence-electron chi connectivity index (χ3n) is 3.07. The molecule has 1 N–H and O–H groups in total. The maximum atomic E-state index is 12.9. The molecule has 0 atom stereocenters. The predicted octanol–water partition coefficient (Wildman–Crippen LogP) is 3.17. The van der Waals surface area contributed by atoms with E-state index in [1.807, 2.05) is 0 Å². The molecule has 6 heteroatoms. The SMILES string of the molecule is COc1ccc(C)c2c(=O)c(C)c(C(F)(F)F)[nH]c12. The van der Waals surface area contributed by atoms with Crippen molar-refractivity contribution in [2.45, 2.75) is 20.0 Å². The average Bonchev–Trinajstić information content (AvgIpc) is 2.32. The predicted molar refractivity (Wildman–Crippen MR) is 65.6 cm³/mol. The Morgan fingerprint density at radius 3 is 2.37 bits per heavy atom. The van der Waals surface area contributed by atoms with Gasteiger partial charge in [0, 0.05) is 5.56 Å². The molecule has 1 heterocycles. The number of alkyl halides is 3. The van der Waals surface area contributed by atoms with Crippen LogP contribution in [0.4, 0.5) is 13.2 Å². The van der Waals surface area contributed by atoms with E-state index < -0.39 is 17.3 Å². The fourth-order valence-corrected chi connectivity index (χ4v) is 2.08. The van der Waals surface area contributed by atoms with E-state index in [9.17, 15) is 18.0 Å². The van der Waals surface area contributed by atoms with Gasteiger partial charge in [-0.15, -0.1) is 0 Å². The maximum Gasteiger partial charge on any atom is 0.431 e. The van der Waals surface area contributed by atoms with Crippen molar-refractivity contribution in [3.63, 3.8) is 0 Å². The van der Waals surface area contributed by atoms with Crippen molar-refractivity contribution in [3.8, 4) is 5.75 Å². The smallest absolute Gasteiger partial charge is 0.431 e. The summed E-state index contributed by atoms with van der Waals surface area (Å²) in [5.74, 6) is 0.211. The van der Waals surface area contributed by atoms with Crippen LogP contribution in [0.3, 0.4) is 0 Å². The summed E-state index contributed by atoms with van der Waals surface area (Å²) in [6.07, 6.45) is -4.60. The molecule has 2 rings (SSSR count). The number of ether oxygens (including phenoxy) is 1. The number of H-pyrrole nitrogens is 1. The number of hydrogen-bond donors (Lipinski definition) is 1. The Morgan fingerprint density at radius 1 is 1.21 bits per heavy atom. The molecule has 0 aliphatic rings. The number of hydrogen-bond acceptors (Lipinski definition) is 2. The number of aromatic nitrogens is 1. The lowest BCUT2D eigenvalue weighted by Gasteiger charge is -2.14. The van der Waals surface area contributed by atoms with Crippen molar-refractivity contribution in [1.29, 1.82) is 0 Å². The molecule has 0 aliphatic heterocycles. The molecule has 0 amide bonds. The number of halogens is 3. The van der Waals surface area contributed by atoms with E-state index in [0.717, 1.165) is 0 Å². The van der Waals surface area contributed by atoms with Gasteiger partial charge in [0.2, 0.25) is 0 Å². The topological polar surface area (TPSA) is 42.1 Å². The number of pyridine rings is 1. The lowest BCUT2D eigenvalue weighted by molar-refractivity contribution is -0.141. The minimum atomic E-state index is -4.60. The van der Waals surface area contributed by atoms with Crippen molar-refractivity contribution in [2.24, 2.45) is 0 Å². The third-order valence-corrected chi connectivity index (χ3v) is 3.07. The number of aryl methyl sites for hydroxylation is 1. The number of nitrogens with one attached hydrogen (secondary N) is 1. The molecule has 0 unspecified atom stereocenters. The summed E-state index contributed by atoms with van der Waals surface area (Å²) in [4.78, 5) is 14.4. The molecule has 0 bridgehead atoms. The van der Waals surface area contributed by atoms with Crippen LogP contribution in [0.5, 0.6) is 5.75 Å². The Hall–Kier alpha value is -1.98. The van der Waals surface area contributed by atoms with E-state index >= 15 is 0 Å². The van der Waals surface area contributed by atoms with Gasteiger partial charge in [-0.05, 0) is 25.5 Å². The van der Waals surface area contributed by atoms with Crippen LogP contribution in [0.1, 0.15) is 16.8 Å². The van der Waals surface area contributed by atoms with Crippen molar-refractivity contribution >= 4 is 10.9 Å². The van der Waals surface area contributed by atoms with Gasteiger partial charge in [-0.1, -0.05) is 6.07 Å². The van der Waals surface area contributed by atoms with E-state index in [0.29, 0.717) is 5.56 Å². The number of benzene rings is 1. The zero-order valence-electron chi connectivity index (χ0n) is 10.6. The van der Waals surface area contributed by atoms with Gasteiger partial charge in [-0.3, -0.25) is 4.79 Å². The monoisotopic (exact) mass is 271 g/mol. The van der Waals surface area contributed by atoms with Crippen LogP contribution in [0.15, 0.2) is 16.9 Å². The highest BCUT2D eigenvalue weighted by molar-refractivity contribution is 5.88. The molecule has 0 spiro atoms. The summed E-state index contributed by atoms with van der Waals surface area (Å²) < 4.78 is 43.7. The molecule has 102 valence electrons. The maximum absolute atomic E-state index is 12.9. The fraction of sp³-hybridized carbons (Fsp3) is 0.308. The highest BCUT2D eigenvalue weighted by Gasteiger charge is 2.35. The first-order chi connectivity index (χ1) is 8.77. The Morgan fingerprint density at radius 2 is 1.84 bits per heavy atom. The number of fused-ring (bicyclic) bond motifs is 1. The minimum Gasteiger partial charge on any atom is -0.495 e. The summed E-state index contributed by atoms with van der Waals surface area (Å²) in [6, 6.07) is 3.17. The molecule has 0 fully saturated rings. The van der Waals surface area contributed by atoms with E-state index in [2.05, 4.69) is 4.98 Å². The highest BCUT2D eigenvalue weighted by atomic mass is 19.4. The normalized spacial score (nSPS) is 11.9. The molecule has 1 aromatic carbocycles. The van der Waals surface area contributed by atoms with Crippen LogP contribution in [-0.2, 0) is 6.18 Å². The van der Waals surface area contributed by atoms with Crippen LogP contribution < -0.4 is 10.2 Å². The van der Waals surface area contributed by atoms with Crippen LogP contribution in [0.25, 0.3) is 10.9 Å². The summed E-state index contributed by atoms with van der Waals surface area (Å²) in [7, 11) is 1.34. The Bertz CT molecular complexity index is 702. The first-order valence-corrected chi connectivity index (χ1v) is 5.54. The first kappa shape index (κ1) is 13.5. The molecule has 1 aromatic heterocycles. The Labute approximate surface area is 107 Å². The summed E-state index contributed by atoms with van der Waals surface area (Å²) in [6.45, 7) is 2.84. The molecule has 2 aromatic rings. The number of rotatable bonds is 1. The standard InChI is InChI=1S/C13H12F3NO2/c1-6-4-5-8(19-3)10-9(6)11(18)7(2)12(17-10)13(14,15)16/h4-5H,1-3H3,(H,17,18). The van der Waals surface area contributed by atoms with E-state index in [4.69, 9.17) is 4.74 Å². The quantitative estimate of drug-likeness (QED) is 0.865. The minimum absolute atomic E-state index is 0.0745. The summed E-state index contributed by atoms with van der Waals surface area (Å²) >= 11 is 0. The van der Waals surface area contributed by atoms with E-state index in [1.165, 1.54) is 20.1 Å². The number of methoxy groups -OCH3 is 1. The van der Waals surface area contributed by atoms with Crippen molar-refractivity contribution < 1.29 is 17.9 Å². The summed E-state index contributed by atoms with van der Waals surface area (Å²) in [5.41, 5.74) is -1.32. The zero-order valence-corrected chi connectivity index (χ0v) is 10.6. The second-order valence-electron chi connectivity index (χ2n) is 4.29. The van der Waals surface area contributed by atoms with Crippen LogP contribution in [0, 0.1) is 13.8 Å². The van der Waals surface area contributed by atoms with Gasteiger partial charge in [0.1, 0.15) is 11.4 Å². The van der Waals surface area contributed by atoms with Gasteiger partial charge in [0.25, 0.3) is 0 Å². The number of aromatic amines is 1. The molecule has 0 radical (unpaired) electrons. The molecule has 0 aliphatic carbocycles. The molecule has 0 saturated carbocycles. The van der Waals surface area contributed by atoms with E-state index in [-0.39, 0.29) is 22.2 Å². The van der Waals surface area contributed by atoms with Gasteiger partial charge >= 0.3 is 6.18 Å². The first-order valence-electron chi connectivity index (χ1n) is 5.54. The summed E-state index contributed by atoms with van der Waals surface area (Å²) in [5, 5.41) is 0.227. The lowest BCUT2D eigenvalue weighted by Crippen LogP contribution is -2.19. The van der Waals surface area contributed by atoms with Crippen molar-refractivity contribution in [1.82, 2.24) is 4.98 Å².